The van der Waals surface area contributed by atoms with E-state index in [4.69, 9.17) is 4.42 Å². The van der Waals surface area contributed by atoms with Crippen LogP contribution in [0.2, 0.25) is 0 Å². The lowest BCUT2D eigenvalue weighted by Gasteiger charge is -2.12. The number of rotatable bonds is 8. The van der Waals surface area contributed by atoms with Crippen LogP contribution in [0.25, 0.3) is 11.1 Å². The largest absolute Gasteiger partial charge is 0.417 e. The van der Waals surface area contributed by atoms with Crippen LogP contribution in [0.3, 0.4) is 0 Å². The van der Waals surface area contributed by atoms with Crippen LogP contribution in [0.1, 0.15) is 52.1 Å². The average molecular weight is 530 g/mol. The molecular weight excluding hydrogens is 502 g/mol. The molecule has 4 aromatic rings. The average Bonchev–Trinajstić information content (AvgIpc) is 3.54. The van der Waals surface area contributed by atoms with Gasteiger partial charge in [0.25, 0.3) is 5.91 Å². The molecule has 3 heterocycles. The van der Waals surface area contributed by atoms with Gasteiger partial charge in [0.1, 0.15) is 6.33 Å². The first kappa shape index (κ1) is 25.6. The van der Waals surface area contributed by atoms with E-state index < -0.39 is 17.6 Å². The molecule has 2 aromatic carbocycles. The van der Waals surface area contributed by atoms with Crippen LogP contribution in [-0.2, 0) is 22.7 Å². The molecule has 1 unspecified atom stereocenters. The molecule has 3 amide bonds. The van der Waals surface area contributed by atoms with E-state index in [0.29, 0.717) is 34.6 Å². The Bertz CT molecular complexity index is 1640. The zero-order valence-corrected chi connectivity index (χ0v) is 21.4. The van der Waals surface area contributed by atoms with Crippen LogP contribution in [0.15, 0.2) is 51.9 Å². The van der Waals surface area contributed by atoms with Crippen molar-refractivity contribution in [3.05, 3.63) is 81.4 Å². The minimum atomic E-state index is -0.606. The number of benzene rings is 2. The number of fused-ring (bicyclic) bond motifs is 2. The van der Waals surface area contributed by atoms with E-state index in [2.05, 4.69) is 36.2 Å². The van der Waals surface area contributed by atoms with Gasteiger partial charge in [-0.1, -0.05) is 25.1 Å². The molecule has 0 bridgehead atoms. The number of aryl methyl sites for hydroxylation is 1. The fourth-order valence-electron chi connectivity index (χ4n) is 4.36. The van der Waals surface area contributed by atoms with E-state index in [9.17, 15) is 19.2 Å². The molecule has 2 aromatic heterocycles. The van der Waals surface area contributed by atoms with Crippen molar-refractivity contribution in [3.8, 4) is 0 Å². The number of hydrogen-bond donors (Lipinski definition) is 5. The molecule has 39 heavy (non-hydrogen) atoms. The van der Waals surface area contributed by atoms with Crippen molar-refractivity contribution >= 4 is 40.2 Å². The highest BCUT2D eigenvalue weighted by Crippen LogP contribution is 2.31. The number of carbonyl (C=O) groups excluding carboxylic acids is 3. The maximum Gasteiger partial charge on any atom is 0.417 e. The third kappa shape index (κ3) is 5.49. The van der Waals surface area contributed by atoms with Crippen LogP contribution in [0, 0.1) is 6.92 Å². The first-order chi connectivity index (χ1) is 18.8. The first-order valence-corrected chi connectivity index (χ1v) is 12.5. The summed E-state index contributed by atoms with van der Waals surface area (Å²) in [6.07, 6.45) is 1.64. The van der Waals surface area contributed by atoms with Gasteiger partial charge in [-0.2, -0.15) is 0 Å². The Morgan fingerprint density at radius 2 is 1.82 bits per heavy atom. The predicted octanol–water partition coefficient (Wildman–Crippen LogP) is 2.32. The Labute approximate surface area is 222 Å². The van der Waals surface area contributed by atoms with Crippen molar-refractivity contribution in [2.45, 2.75) is 39.3 Å². The summed E-state index contributed by atoms with van der Waals surface area (Å²) >= 11 is 0. The summed E-state index contributed by atoms with van der Waals surface area (Å²) in [6.45, 7) is 4.40. The number of nitrogens with one attached hydrogen (secondary N) is 5. The number of aromatic nitrogens is 3. The van der Waals surface area contributed by atoms with Gasteiger partial charge >= 0.3 is 5.76 Å². The maximum absolute atomic E-state index is 13.0. The summed E-state index contributed by atoms with van der Waals surface area (Å²) in [5, 5.41) is 11.7. The van der Waals surface area contributed by atoms with Gasteiger partial charge in [-0.25, -0.2) is 14.8 Å². The third-order valence-corrected chi connectivity index (χ3v) is 6.52. The first-order valence-electron chi connectivity index (χ1n) is 12.5. The number of oxazole rings is 1. The number of hydrogen-bond acceptors (Lipinski definition) is 8. The Balaban J connectivity index is 1.23. The molecule has 0 saturated heterocycles. The normalized spacial score (nSPS) is 13.9. The summed E-state index contributed by atoms with van der Waals surface area (Å²) in [5.74, 6) is -1.91. The van der Waals surface area contributed by atoms with Crippen LogP contribution in [-0.4, -0.2) is 39.2 Å². The molecule has 12 nitrogen and oxygen atoms in total. The van der Waals surface area contributed by atoms with Gasteiger partial charge in [-0.15, -0.1) is 0 Å². The summed E-state index contributed by atoms with van der Waals surface area (Å²) in [7, 11) is 0. The van der Waals surface area contributed by atoms with E-state index in [1.54, 1.807) is 25.1 Å². The molecule has 12 heteroatoms. The highest BCUT2D eigenvalue weighted by molar-refractivity contribution is 6.00. The molecule has 0 saturated carbocycles. The lowest BCUT2D eigenvalue weighted by molar-refractivity contribution is -0.122. The van der Waals surface area contributed by atoms with Crippen LogP contribution in [0.4, 0.5) is 11.4 Å². The highest BCUT2D eigenvalue weighted by Gasteiger charge is 2.33. The van der Waals surface area contributed by atoms with Gasteiger partial charge in [0.15, 0.2) is 11.3 Å². The van der Waals surface area contributed by atoms with Crippen molar-refractivity contribution in [2.75, 3.05) is 17.2 Å². The third-order valence-electron chi connectivity index (χ3n) is 6.52. The maximum atomic E-state index is 13.0. The summed E-state index contributed by atoms with van der Waals surface area (Å²) in [6, 6.07) is 10.8. The molecule has 5 N–H and O–H groups in total. The fourth-order valence-corrected chi connectivity index (χ4v) is 4.36. The van der Waals surface area contributed by atoms with Gasteiger partial charge in [-0.3, -0.25) is 19.4 Å². The van der Waals surface area contributed by atoms with Crippen LogP contribution in [0.5, 0.6) is 0 Å². The number of carbonyl (C=O) groups is 3. The Morgan fingerprint density at radius 1 is 1.05 bits per heavy atom. The van der Waals surface area contributed by atoms with Crippen molar-refractivity contribution < 1.29 is 18.8 Å². The lowest BCUT2D eigenvalue weighted by Crippen LogP contribution is -2.30. The Hall–Kier alpha value is -5.00. The van der Waals surface area contributed by atoms with Crippen molar-refractivity contribution in [1.82, 2.24) is 25.6 Å². The smallest absolute Gasteiger partial charge is 0.408 e. The van der Waals surface area contributed by atoms with Gasteiger partial charge in [-0.05, 0) is 41.8 Å². The van der Waals surface area contributed by atoms with Gasteiger partial charge in [0, 0.05) is 31.7 Å². The fraction of sp³-hybridized carbons (Fsp3) is 0.259. The van der Waals surface area contributed by atoms with Crippen molar-refractivity contribution in [1.29, 1.82) is 0 Å². The molecule has 0 aliphatic carbocycles. The highest BCUT2D eigenvalue weighted by atomic mass is 16.4. The predicted molar refractivity (Wildman–Crippen MR) is 143 cm³/mol. The molecular formula is C27H27N7O5. The minimum Gasteiger partial charge on any atom is -0.408 e. The van der Waals surface area contributed by atoms with E-state index in [1.807, 2.05) is 25.1 Å². The lowest BCUT2D eigenvalue weighted by atomic mass is 10.1. The zero-order valence-electron chi connectivity index (χ0n) is 21.4. The molecule has 1 aliphatic heterocycles. The van der Waals surface area contributed by atoms with E-state index >= 15 is 0 Å². The van der Waals surface area contributed by atoms with E-state index in [-0.39, 0.29) is 37.1 Å². The second-order valence-electron chi connectivity index (χ2n) is 9.21. The quantitative estimate of drug-likeness (QED) is 0.231. The number of aromatic amines is 1. The molecule has 1 aliphatic rings. The SMILES string of the molecule is CCC(=O)Nc1cc(CNC(=O)c2ncnc3c2NCC3C(=O)NCc2ccc3[nH]c(=O)oc3c2)ccc1C. The van der Waals surface area contributed by atoms with Crippen LogP contribution < -0.4 is 27.0 Å². The molecule has 0 fully saturated rings. The Morgan fingerprint density at radius 3 is 2.64 bits per heavy atom. The Kier molecular flexibility index (Phi) is 7.08. The second kappa shape index (κ2) is 10.8. The topological polar surface area (TPSA) is 171 Å². The number of amides is 3. The number of anilines is 2. The number of H-pyrrole nitrogens is 1. The molecule has 0 spiro atoms. The van der Waals surface area contributed by atoms with E-state index in [0.717, 1.165) is 16.7 Å². The second-order valence-corrected chi connectivity index (χ2v) is 9.21. The number of nitrogens with zero attached hydrogens (tertiary/aromatic N) is 2. The molecule has 5 rings (SSSR count). The van der Waals surface area contributed by atoms with Crippen molar-refractivity contribution in [3.63, 3.8) is 0 Å². The molecule has 200 valence electrons. The van der Waals surface area contributed by atoms with Gasteiger partial charge in [0.2, 0.25) is 11.8 Å². The van der Waals surface area contributed by atoms with Crippen molar-refractivity contribution in [2.24, 2.45) is 0 Å². The minimum absolute atomic E-state index is 0.0874. The standard InChI is InChI=1S/C27H27N7O5/c1-3-21(35)33-19-8-15(5-4-14(19)2)10-30-26(37)24-23-22(31-13-32-24)17(12-28-23)25(36)29-11-16-6-7-18-20(9-16)39-27(38)34-18/h4-9,13,17,28H,3,10-12H2,1-2H3,(H,29,36)(H,30,37)(H,33,35)(H,34,38). The molecule has 0 radical (unpaired) electrons. The summed E-state index contributed by atoms with van der Waals surface area (Å²) in [5.41, 5.74) is 5.21. The van der Waals surface area contributed by atoms with Gasteiger partial charge < -0.3 is 25.7 Å². The van der Waals surface area contributed by atoms with Crippen LogP contribution >= 0.6 is 0 Å². The monoisotopic (exact) mass is 529 g/mol. The summed E-state index contributed by atoms with van der Waals surface area (Å²) < 4.78 is 5.07. The molecule has 1 atom stereocenters. The zero-order chi connectivity index (χ0) is 27.5. The van der Waals surface area contributed by atoms with E-state index in [1.165, 1.54) is 6.33 Å². The summed E-state index contributed by atoms with van der Waals surface area (Å²) in [4.78, 5) is 60.1. The van der Waals surface area contributed by atoms with Gasteiger partial charge in [0.05, 0.1) is 22.8 Å².